The van der Waals surface area contributed by atoms with Crippen molar-refractivity contribution in [2.24, 2.45) is 0 Å². The fourth-order valence-electron chi connectivity index (χ4n) is 3.76. The summed E-state index contributed by atoms with van der Waals surface area (Å²) in [6, 6.07) is 17.0. The van der Waals surface area contributed by atoms with Crippen molar-refractivity contribution in [1.82, 2.24) is 9.88 Å². The van der Waals surface area contributed by atoms with E-state index in [0.29, 0.717) is 37.3 Å². The monoisotopic (exact) mass is 389 g/mol. The van der Waals surface area contributed by atoms with Crippen LogP contribution < -0.4 is 4.90 Å². The van der Waals surface area contributed by atoms with Gasteiger partial charge in [0.1, 0.15) is 5.82 Å². The van der Waals surface area contributed by atoms with Gasteiger partial charge in [-0.2, -0.15) is 0 Å². The third-order valence-corrected chi connectivity index (χ3v) is 5.36. The SMILES string of the molecule is COC(=O)c1ccccc1C(=O)N1CCN(c2cc(C)c3ccccc3n2)CC1. The Bertz CT molecular complexity index is 1070. The fourth-order valence-corrected chi connectivity index (χ4v) is 3.76. The van der Waals surface area contributed by atoms with Crippen LogP contribution in [-0.2, 0) is 4.74 Å². The quantitative estimate of drug-likeness (QED) is 0.643. The number of ether oxygens (including phenoxy) is 1. The van der Waals surface area contributed by atoms with Crippen molar-refractivity contribution >= 4 is 28.6 Å². The minimum atomic E-state index is -0.497. The number of methoxy groups -OCH3 is 1. The third-order valence-electron chi connectivity index (χ3n) is 5.36. The Kier molecular flexibility index (Phi) is 5.16. The average molecular weight is 389 g/mol. The number of carbonyl (C=O) groups is 2. The molecule has 1 saturated heterocycles. The number of anilines is 1. The Morgan fingerprint density at radius 3 is 2.31 bits per heavy atom. The Morgan fingerprint density at radius 1 is 0.931 bits per heavy atom. The molecule has 0 saturated carbocycles. The number of aromatic nitrogens is 1. The second-order valence-electron chi connectivity index (χ2n) is 7.13. The molecule has 1 aliphatic heterocycles. The van der Waals surface area contributed by atoms with Gasteiger partial charge in [0, 0.05) is 31.6 Å². The molecule has 148 valence electrons. The molecule has 1 aliphatic rings. The van der Waals surface area contributed by atoms with E-state index in [1.165, 1.54) is 12.7 Å². The topological polar surface area (TPSA) is 62.7 Å². The molecule has 2 heterocycles. The number of hydrogen-bond acceptors (Lipinski definition) is 5. The second-order valence-corrected chi connectivity index (χ2v) is 7.13. The molecule has 6 heteroatoms. The summed E-state index contributed by atoms with van der Waals surface area (Å²) in [5.74, 6) is 0.292. The number of carbonyl (C=O) groups excluding carboxylic acids is 2. The molecule has 0 N–H and O–H groups in total. The summed E-state index contributed by atoms with van der Waals surface area (Å²) in [6.45, 7) is 4.62. The maximum Gasteiger partial charge on any atom is 0.338 e. The molecule has 0 aliphatic carbocycles. The molecule has 0 spiro atoms. The van der Waals surface area contributed by atoms with E-state index in [9.17, 15) is 9.59 Å². The summed E-state index contributed by atoms with van der Waals surface area (Å²) in [6.07, 6.45) is 0. The van der Waals surface area contributed by atoms with Crippen LogP contribution >= 0.6 is 0 Å². The zero-order chi connectivity index (χ0) is 20.4. The maximum absolute atomic E-state index is 13.0. The first-order valence-corrected chi connectivity index (χ1v) is 9.66. The number of fused-ring (bicyclic) bond motifs is 1. The molecule has 2 aromatic carbocycles. The number of nitrogens with zero attached hydrogens (tertiary/aromatic N) is 3. The zero-order valence-corrected chi connectivity index (χ0v) is 16.6. The van der Waals surface area contributed by atoms with Gasteiger partial charge in [0.25, 0.3) is 5.91 Å². The molecule has 29 heavy (non-hydrogen) atoms. The molecule has 1 fully saturated rings. The van der Waals surface area contributed by atoms with E-state index in [4.69, 9.17) is 9.72 Å². The average Bonchev–Trinajstić information content (AvgIpc) is 2.78. The Balaban J connectivity index is 1.50. The Labute approximate surface area is 169 Å². The number of para-hydroxylation sites is 1. The highest BCUT2D eigenvalue weighted by Gasteiger charge is 2.26. The van der Waals surface area contributed by atoms with E-state index in [2.05, 4.69) is 24.0 Å². The van der Waals surface area contributed by atoms with Crippen molar-refractivity contribution < 1.29 is 14.3 Å². The normalized spacial score (nSPS) is 14.1. The minimum Gasteiger partial charge on any atom is -0.465 e. The van der Waals surface area contributed by atoms with E-state index in [-0.39, 0.29) is 5.91 Å². The van der Waals surface area contributed by atoms with Crippen LogP contribution in [0.4, 0.5) is 5.82 Å². The Morgan fingerprint density at radius 2 is 1.59 bits per heavy atom. The standard InChI is InChI=1S/C23H23N3O3/c1-16-15-21(24-20-10-6-5-7-17(16)20)25-11-13-26(14-12-25)22(27)18-8-3-4-9-19(18)23(28)29-2/h3-10,15H,11-14H2,1-2H3. The lowest BCUT2D eigenvalue weighted by Gasteiger charge is -2.36. The molecule has 6 nitrogen and oxygen atoms in total. The van der Waals surface area contributed by atoms with Crippen LogP contribution in [0.2, 0.25) is 0 Å². The smallest absolute Gasteiger partial charge is 0.338 e. The Hall–Kier alpha value is -3.41. The lowest BCUT2D eigenvalue weighted by molar-refractivity contribution is 0.0589. The van der Waals surface area contributed by atoms with E-state index in [1.54, 1.807) is 29.2 Å². The van der Waals surface area contributed by atoms with Crippen molar-refractivity contribution in [3.63, 3.8) is 0 Å². The minimum absolute atomic E-state index is 0.145. The summed E-state index contributed by atoms with van der Waals surface area (Å²) in [5, 5.41) is 1.16. The first-order valence-electron chi connectivity index (χ1n) is 9.66. The first-order chi connectivity index (χ1) is 14.1. The van der Waals surface area contributed by atoms with E-state index in [1.807, 2.05) is 18.2 Å². The largest absolute Gasteiger partial charge is 0.465 e. The van der Waals surface area contributed by atoms with Crippen LogP contribution in [0.1, 0.15) is 26.3 Å². The summed E-state index contributed by atoms with van der Waals surface area (Å²) < 4.78 is 4.81. The third kappa shape index (κ3) is 3.66. The van der Waals surface area contributed by atoms with Crippen molar-refractivity contribution in [1.29, 1.82) is 0 Å². The summed E-state index contributed by atoms with van der Waals surface area (Å²) in [5.41, 5.74) is 2.85. The van der Waals surface area contributed by atoms with Gasteiger partial charge >= 0.3 is 5.97 Å². The van der Waals surface area contributed by atoms with E-state index in [0.717, 1.165) is 16.7 Å². The molecule has 1 aromatic heterocycles. The molecule has 0 radical (unpaired) electrons. The summed E-state index contributed by atoms with van der Waals surface area (Å²) in [4.78, 5) is 33.8. The number of piperazine rings is 1. The predicted molar refractivity (Wildman–Crippen MR) is 112 cm³/mol. The number of pyridine rings is 1. The second kappa shape index (κ2) is 7.91. The molecular weight excluding hydrogens is 366 g/mol. The summed E-state index contributed by atoms with van der Waals surface area (Å²) >= 11 is 0. The van der Waals surface area contributed by atoms with Crippen molar-refractivity contribution in [2.75, 3.05) is 38.2 Å². The van der Waals surface area contributed by atoms with Crippen LogP contribution in [-0.4, -0.2) is 55.0 Å². The van der Waals surface area contributed by atoms with E-state index < -0.39 is 5.97 Å². The number of esters is 1. The van der Waals surface area contributed by atoms with Gasteiger partial charge in [-0.3, -0.25) is 4.79 Å². The first kappa shape index (κ1) is 18.9. The molecule has 3 aromatic rings. The molecule has 1 amide bonds. The van der Waals surface area contributed by atoms with E-state index >= 15 is 0 Å². The van der Waals surface area contributed by atoms with Crippen LogP contribution in [0.25, 0.3) is 10.9 Å². The van der Waals surface area contributed by atoms with Gasteiger partial charge in [0.2, 0.25) is 0 Å². The van der Waals surface area contributed by atoms with Crippen LogP contribution in [0.3, 0.4) is 0 Å². The molecule has 0 unspecified atom stereocenters. The molecule has 4 rings (SSSR count). The van der Waals surface area contributed by atoms with Gasteiger partial charge < -0.3 is 14.5 Å². The van der Waals surface area contributed by atoms with Gasteiger partial charge in [-0.25, -0.2) is 9.78 Å². The number of aryl methyl sites for hydroxylation is 1. The van der Waals surface area contributed by atoms with Crippen molar-refractivity contribution in [3.8, 4) is 0 Å². The zero-order valence-electron chi connectivity index (χ0n) is 16.6. The fraction of sp³-hybridized carbons (Fsp3) is 0.261. The van der Waals surface area contributed by atoms with Gasteiger partial charge in [-0.15, -0.1) is 0 Å². The highest BCUT2D eigenvalue weighted by Crippen LogP contribution is 2.23. The lowest BCUT2D eigenvalue weighted by atomic mass is 10.1. The highest BCUT2D eigenvalue weighted by atomic mass is 16.5. The van der Waals surface area contributed by atoms with Gasteiger partial charge in [0.05, 0.1) is 23.8 Å². The maximum atomic E-state index is 13.0. The number of rotatable bonds is 3. The highest BCUT2D eigenvalue weighted by molar-refractivity contribution is 6.05. The summed E-state index contributed by atoms with van der Waals surface area (Å²) in [7, 11) is 1.32. The molecule has 0 bridgehead atoms. The number of hydrogen-bond donors (Lipinski definition) is 0. The van der Waals surface area contributed by atoms with Gasteiger partial charge in [-0.1, -0.05) is 30.3 Å². The number of benzene rings is 2. The lowest BCUT2D eigenvalue weighted by Crippen LogP contribution is -2.49. The van der Waals surface area contributed by atoms with Crippen molar-refractivity contribution in [2.45, 2.75) is 6.92 Å². The molecule has 0 atom stereocenters. The van der Waals surface area contributed by atoms with Crippen LogP contribution in [0.5, 0.6) is 0 Å². The van der Waals surface area contributed by atoms with Gasteiger partial charge in [-0.05, 0) is 36.8 Å². The van der Waals surface area contributed by atoms with Crippen LogP contribution in [0.15, 0.2) is 54.6 Å². The predicted octanol–water partition coefficient (Wildman–Crippen LogP) is 3.29. The molecular formula is C23H23N3O3. The van der Waals surface area contributed by atoms with Crippen molar-refractivity contribution in [3.05, 3.63) is 71.3 Å². The van der Waals surface area contributed by atoms with Gasteiger partial charge in [0.15, 0.2) is 0 Å². The van der Waals surface area contributed by atoms with Crippen LogP contribution in [0, 0.1) is 6.92 Å². The number of amides is 1.